The van der Waals surface area contributed by atoms with Gasteiger partial charge in [0.05, 0.1) is 11.7 Å². The minimum absolute atomic E-state index is 0.539. The van der Waals surface area contributed by atoms with Crippen LogP contribution in [0.25, 0.3) is 0 Å². The zero-order chi connectivity index (χ0) is 11.1. The van der Waals surface area contributed by atoms with E-state index in [2.05, 4.69) is 16.6 Å². The Morgan fingerprint density at radius 3 is 2.75 bits per heavy atom. The first-order valence-electron chi connectivity index (χ1n) is 5.87. The summed E-state index contributed by atoms with van der Waals surface area (Å²) in [6, 6.07) is 0.539. The summed E-state index contributed by atoms with van der Waals surface area (Å²) in [6.07, 6.45) is 2.43. The quantitative estimate of drug-likeness (QED) is 0.805. The molecule has 0 unspecified atom stereocenters. The number of nitrogen functional groups attached to an aromatic ring is 1. The molecule has 5 heteroatoms. The van der Waals surface area contributed by atoms with Crippen LogP contribution in [0.15, 0.2) is 0 Å². The lowest BCUT2D eigenvalue weighted by Gasteiger charge is -2.23. The molecule has 1 fully saturated rings. The largest absolute Gasteiger partial charge is 0.384 e. The van der Waals surface area contributed by atoms with Gasteiger partial charge >= 0.3 is 0 Å². The van der Waals surface area contributed by atoms with Gasteiger partial charge in [0.2, 0.25) is 0 Å². The lowest BCUT2D eigenvalue weighted by molar-refractivity contribution is 0.340. The van der Waals surface area contributed by atoms with Crippen molar-refractivity contribution < 1.29 is 0 Å². The summed E-state index contributed by atoms with van der Waals surface area (Å²) in [7, 11) is 2.11. The molecule has 0 spiro atoms. The summed E-state index contributed by atoms with van der Waals surface area (Å²) in [6.45, 7) is 1.91. The first-order chi connectivity index (χ1) is 7.75. The van der Waals surface area contributed by atoms with Gasteiger partial charge < -0.3 is 5.73 Å². The number of fused-ring (bicyclic) bond motifs is 1. The second kappa shape index (κ2) is 3.96. The smallest absolute Gasteiger partial charge is 0.126 e. The molecule has 0 aliphatic carbocycles. The number of nitrogens with two attached hydrogens (primary N) is 1. The third-order valence-electron chi connectivity index (χ3n) is 3.52. The highest BCUT2D eigenvalue weighted by molar-refractivity contribution is 7.99. The molecule has 3 heterocycles. The number of hydrogen-bond acceptors (Lipinski definition) is 4. The fourth-order valence-corrected chi connectivity index (χ4v) is 3.70. The maximum Gasteiger partial charge on any atom is 0.126 e. The second-order valence-electron chi connectivity index (χ2n) is 4.77. The summed E-state index contributed by atoms with van der Waals surface area (Å²) in [5.41, 5.74) is 8.67. The Labute approximate surface area is 100 Å². The van der Waals surface area contributed by atoms with Crippen LogP contribution in [0.5, 0.6) is 0 Å². The van der Waals surface area contributed by atoms with E-state index in [0.717, 1.165) is 18.9 Å². The minimum Gasteiger partial charge on any atom is -0.384 e. The Bertz CT molecular complexity index is 395. The van der Waals surface area contributed by atoms with E-state index in [9.17, 15) is 0 Å². The Morgan fingerprint density at radius 2 is 2.06 bits per heavy atom. The Kier molecular flexibility index (Phi) is 2.59. The molecule has 0 bridgehead atoms. The molecule has 4 nitrogen and oxygen atoms in total. The van der Waals surface area contributed by atoms with Crippen LogP contribution in [-0.4, -0.2) is 33.2 Å². The van der Waals surface area contributed by atoms with Gasteiger partial charge in [0.25, 0.3) is 0 Å². The molecule has 1 aromatic rings. The highest BCUT2D eigenvalue weighted by atomic mass is 32.2. The fourth-order valence-electron chi connectivity index (χ4n) is 2.62. The van der Waals surface area contributed by atoms with Gasteiger partial charge in [-0.05, 0) is 31.4 Å². The van der Waals surface area contributed by atoms with Crippen LogP contribution in [0.2, 0.25) is 0 Å². The van der Waals surface area contributed by atoms with Crippen molar-refractivity contribution in [2.24, 2.45) is 0 Å². The lowest BCUT2D eigenvalue weighted by atomic mass is 10.1. The molecule has 2 N–H and O–H groups in total. The Morgan fingerprint density at radius 1 is 1.31 bits per heavy atom. The van der Waals surface area contributed by atoms with Crippen molar-refractivity contribution in [1.82, 2.24) is 14.7 Å². The predicted molar refractivity (Wildman–Crippen MR) is 67.4 cm³/mol. The average molecular weight is 238 g/mol. The number of aromatic nitrogens is 2. The molecule has 1 saturated heterocycles. The van der Waals surface area contributed by atoms with Crippen molar-refractivity contribution in [2.45, 2.75) is 32.0 Å². The molecule has 0 saturated carbocycles. The van der Waals surface area contributed by atoms with E-state index < -0.39 is 0 Å². The molecule has 2 aliphatic heterocycles. The van der Waals surface area contributed by atoms with Crippen LogP contribution in [0.3, 0.4) is 0 Å². The number of rotatable bonds is 1. The highest BCUT2D eigenvalue weighted by Crippen LogP contribution is 2.33. The first-order valence-corrected chi connectivity index (χ1v) is 7.03. The second-order valence-corrected chi connectivity index (χ2v) is 6.00. The van der Waals surface area contributed by atoms with Crippen LogP contribution in [0, 0.1) is 0 Å². The van der Waals surface area contributed by atoms with E-state index >= 15 is 0 Å². The van der Waals surface area contributed by atoms with Gasteiger partial charge in [-0.3, -0.25) is 4.90 Å². The SMILES string of the molecule is CN1Cc2nn(C3CCSCC3)c(N)c2C1. The number of anilines is 1. The molecule has 0 atom stereocenters. The molecule has 1 aromatic heterocycles. The topological polar surface area (TPSA) is 47.1 Å². The maximum absolute atomic E-state index is 6.21. The van der Waals surface area contributed by atoms with Crippen molar-refractivity contribution in [3.8, 4) is 0 Å². The van der Waals surface area contributed by atoms with Crippen molar-refractivity contribution in [1.29, 1.82) is 0 Å². The molecule has 0 radical (unpaired) electrons. The van der Waals surface area contributed by atoms with Gasteiger partial charge in [0, 0.05) is 18.7 Å². The summed E-state index contributed by atoms with van der Waals surface area (Å²) >= 11 is 2.04. The fraction of sp³-hybridized carbons (Fsp3) is 0.727. The zero-order valence-electron chi connectivity index (χ0n) is 9.65. The van der Waals surface area contributed by atoms with Gasteiger partial charge in [-0.15, -0.1) is 0 Å². The predicted octanol–water partition coefficient (Wildman–Crippen LogP) is 1.48. The summed E-state index contributed by atoms with van der Waals surface area (Å²) in [5, 5.41) is 4.71. The monoisotopic (exact) mass is 238 g/mol. The minimum atomic E-state index is 0.539. The van der Waals surface area contributed by atoms with Gasteiger partial charge in [-0.25, -0.2) is 4.68 Å². The summed E-state index contributed by atoms with van der Waals surface area (Å²) in [5.74, 6) is 3.40. The van der Waals surface area contributed by atoms with Crippen molar-refractivity contribution >= 4 is 17.6 Å². The highest BCUT2D eigenvalue weighted by Gasteiger charge is 2.27. The van der Waals surface area contributed by atoms with Crippen molar-refractivity contribution in [3.05, 3.63) is 11.3 Å². The standard InChI is InChI=1S/C11H18N4S/c1-14-6-9-10(7-14)13-15(11(9)12)8-2-4-16-5-3-8/h8H,2-7,12H2,1H3. The van der Waals surface area contributed by atoms with Gasteiger partial charge in [0.15, 0.2) is 0 Å². The van der Waals surface area contributed by atoms with E-state index in [1.54, 1.807) is 0 Å². The molecular formula is C11H18N4S. The number of thioether (sulfide) groups is 1. The molecule has 2 aliphatic rings. The van der Waals surface area contributed by atoms with Crippen molar-refractivity contribution in [2.75, 3.05) is 24.3 Å². The zero-order valence-corrected chi connectivity index (χ0v) is 10.5. The van der Waals surface area contributed by atoms with E-state index in [1.165, 1.54) is 35.6 Å². The molecule has 3 rings (SSSR count). The van der Waals surface area contributed by atoms with Gasteiger partial charge in [-0.2, -0.15) is 16.9 Å². The molecule has 0 amide bonds. The van der Waals surface area contributed by atoms with E-state index in [0.29, 0.717) is 6.04 Å². The Balaban J connectivity index is 1.89. The third kappa shape index (κ3) is 1.62. The van der Waals surface area contributed by atoms with Crippen LogP contribution in [-0.2, 0) is 13.1 Å². The van der Waals surface area contributed by atoms with E-state index in [1.807, 2.05) is 11.8 Å². The first kappa shape index (κ1) is 10.5. The normalized spacial score (nSPS) is 22.6. The van der Waals surface area contributed by atoms with Gasteiger partial charge in [-0.1, -0.05) is 0 Å². The molecular weight excluding hydrogens is 220 g/mol. The Hall–Kier alpha value is -0.680. The molecule has 16 heavy (non-hydrogen) atoms. The maximum atomic E-state index is 6.21. The van der Waals surface area contributed by atoms with Crippen LogP contribution >= 0.6 is 11.8 Å². The molecule has 88 valence electrons. The van der Waals surface area contributed by atoms with Crippen molar-refractivity contribution in [3.63, 3.8) is 0 Å². The van der Waals surface area contributed by atoms with Crippen LogP contribution in [0.4, 0.5) is 5.82 Å². The van der Waals surface area contributed by atoms with E-state index in [-0.39, 0.29) is 0 Å². The van der Waals surface area contributed by atoms with Crippen LogP contribution in [0.1, 0.15) is 30.1 Å². The lowest BCUT2D eigenvalue weighted by Crippen LogP contribution is -2.20. The summed E-state index contributed by atoms with van der Waals surface area (Å²) in [4.78, 5) is 2.26. The van der Waals surface area contributed by atoms with Gasteiger partial charge in [0.1, 0.15) is 5.82 Å². The van der Waals surface area contributed by atoms with E-state index in [4.69, 9.17) is 10.8 Å². The number of nitrogens with zero attached hydrogens (tertiary/aromatic N) is 3. The summed E-state index contributed by atoms with van der Waals surface area (Å²) < 4.78 is 2.09. The third-order valence-corrected chi connectivity index (χ3v) is 4.57. The average Bonchev–Trinajstić information content (AvgIpc) is 2.79. The van der Waals surface area contributed by atoms with Crippen LogP contribution < -0.4 is 5.73 Å². The number of hydrogen-bond donors (Lipinski definition) is 1. The molecule has 0 aromatic carbocycles.